The van der Waals surface area contributed by atoms with Crippen molar-refractivity contribution >= 4 is 70.9 Å². The molecule has 8 rings (SSSR count). The molecular formula is C41H38N2Si2. The van der Waals surface area contributed by atoms with Crippen LogP contribution >= 0.6 is 0 Å². The van der Waals surface area contributed by atoms with Gasteiger partial charge in [0.25, 0.3) is 0 Å². The van der Waals surface area contributed by atoms with E-state index in [9.17, 15) is 0 Å². The highest BCUT2D eigenvalue weighted by atomic mass is 28.3. The maximum Gasteiger partial charge on any atom is 0.0776 e. The van der Waals surface area contributed by atoms with Crippen molar-refractivity contribution in [1.29, 1.82) is 0 Å². The summed E-state index contributed by atoms with van der Waals surface area (Å²) in [6.07, 6.45) is 0. The molecule has 45 heavy (non-hydrogen) atoms. The molecular weight excluding hydrogens is 577 g/mol. The SMILES string of the molecule is C[SiH](C)c1cccc(-n2c3ccccc3c3cc(-c4ccc5c(c4)c4ccccc4n5-c4cccc([Si](C)(C)C)c4)ccc32)c1. The summed E-state index contributed by atoms with van der Waals surface area (Å²) in [6.45, 7) is 12.1. The Hall–Kier alpha value is -4.65. The molecule has 0 radical (unpaired) electrons. The van der Waals surface area contributed by atoms with Gasteiger partial charge in [0.1, 0.15) is 0 Å². The van der Waals surface area contributed by atoms with Gasteiger partial charge in [0.05, 0.1) is 38.9 Å². The average Bonchev–Trinajstić information content (AvgIpc) is 3.56. The standard InChI is InChI=1S/C41H38N2Si2/c1-44(2)32-14-10-12-30(26-32)42-38-18-8-6-16-34(38)36-24-28(20-22-40(36)42)29-21-23-41-37(25-29)35-17-7-9-19-39(35)43(41)31-13-11-15-33(27-31)45(3,4)5/h6-27,44H,1-5H3. The van der Waals surface area contributed by atoms with Gasteiger partial charge in [0.15, 0.2) is 0 Å². The quantitative estimate of drug-likeness (QED) is 0.171. The summed E-state index contributed by atoms with van der Waals surface area (Å²) in [5.41, 5.74) is 9.99. The van der Waals surface area contributed by atoms with E-state index in [0.717, 1.165) is 0 Å². The van der Waals surface area contributed by atoms with Crippen LogP contribution in [-0.4, -0.2) is 26.0 Å². The van der Waals surface area contributed by atoms with E-state index in [-0.39, 0.29) is 0 Å². The molecule has 0 saturated heterocycles. The highest BCUT2D eigenvalue weighted by Crippen LogP contribution is 2.38. The van der Waals surface area contributed by atoms with Crippen LogP contribution in [0, 0.1) is 0 Å². The minimum absolute atomic E-state index is 0.916. The molecule has 0 saturated carbocycles. The number of hydrogen-bond acceptors (Lipinski definition) is 0. The summed E-state index contributed by atoms with van der Waals surface area (Å²) in [4.78, 5) is 0. The third-order valence-corrected chi connectivity index (χ3v) is 13.2. The first-order valence-corrected chi connectivity index (χ1v) is 22.4. The molecule has 0 N–H and O–H groups in total. The first-order chi connectivity index (χ1) is 21.8. The predicted molar refractivity (Wildman–Crippen MR) is 202 cm³/mol. The van der Waals surface area contributed by atoms with Crippen LogP contribution in [0.15, 0.2) is 133 Å². The van der Waals surface area contributed by atoms with Gasteiger partial charge in [0.2, 0.25) is 0 Å². The zero-order valence-electron chi connectivity index (χ0n) is 26.7. The first-order valence-electron chi connectivity index (χ1n) is 16.1. The summed E-state index contributed by atoms with van der Waals surface area (Å²) in [5, 5.41) is 8.14. The first kappa shape index (κ1) is 27.9. The number of benzene rings is 6. The molecule has 0 fully saturated rings. The lowest BCUT2D eigenvalue weighted by molar-refractivity contribution is 1.18. The molecule has 0 aliphatic carbocycles. The molecule has 2 heterocycles. The van der Waals surface area contributed by atoms with Crippen molar-refractivity contribution in [3.05, 3.63) is 133 Å². The molecule has 220 valence electrons. The smallest absolute Gasteiger partial charge is 0.0776 e. The van der Waals surface area contributed by atoms with E-state index in [2.05, 4.69) is 175 Å². The Morgan fingerprint density at radius 1 is 0.444 bits per heavy atom. The number of hydrogen-bond donors (Lipinski definition) is 0. The summed E-state index contributed by atoms with van der Waals surface area (Å²) in [6, 6.07) is 50.1. The Kier molecular flexibility index (Phi) is 6.49. The lowest BCUT2D eigenvalue weighted by atomic mass is 10.0. The van der Waals surface area contributed by atoms with Crippen LogP contribution in [-0.2, 0) is 0 Å². The van der Waals surface area contributed by atoms with Gasteiger partial charge in [-0.3, -0.25) is 0 Å². The fourth-order valence-electron chi connectivity index (χ4n) is 7.00. The fraction of sp³-hybridized carbons (Fsp3) is 0.122. The number of aromatic nitrogens is 2. The van der Waals surface area contributed by atoms with Crippen LogP contribution in [0.25, 0.3) is 66.1 Å². The summed E-state index contributed by atoms with van der Waals surface area (Å²) in [5.74, 6) is 0. The number of para-hydroxylation sites is 2. The van der Waals surface area contributed by atoms with Crippen molar-refractivity contribution in [3.63, 3.8) is 0 Å². The van der Waals surface area contributed by atoms with Crippen molar-refractivity contribution in [2.45, 2.75) is 32.7 Å². The van der Waals surface area contributed by atoms with Gasteiger partial charge >= 0.3 is 0 Å². The van der Waals surface area contributed by atoms with Crippen molar-refractivity contribution in [2.75, 3.05) is 0 Å². The second kappa shape index (κ2) is 10.5. The molecule has 0 bridgehead atoms. The Morgan fingerprint density at radius 2 is 0.933 bits per heavy atom. The lowest BCUT2D eigenvalue weighted by Gasteiger charge is -2.18. The molecule has 0 unspecified atom stereocenters. The minimum Gasteiger partial charge on any atom is -0.309 e. The number of nitrogens with zero attached hydrogens (tertiary/aromatic N) is 2. The van der Waals surface area contributed by atoms with E-state index in [4.69, 9.17) is 0 Å². The van der Waals surface area contributed by atoms with Crippen molar-refractivity contribution < 1.29 is 0 Å². The van der Waals surface area contributed by atoms with Gasteiger partial charge in [0, 0.05) is 32.9 Å². The molecule has 0 spiro atoms. The largest absolute Gasteiger partial charge is 0.309 e. The van der Waals surface area contributed by atoms with E-state index < -0.39 is 16.9 Å². The molecule has 6 aromatic carbocycles. The van der Waals surface area contributed by atoms with Gasteiger partial charge in [-0.2, -0.15) is 0 Å². The summed E-state index contributed by atoms with van der Waals surface area (Å²) in [7, 11) is -2.37. The monoisotopic (exact) mass is 614 g/mol. The Bertz CT molecular complexity index is 2400. The van der Waals surface area contributed by atoms with E-state index >= 15 is 0 Å². The minimum atomic E-state index is -1.45. The highest BCUT2D eigenvalue weighted by Gasteiger charge is 2.19. The van der Waals surface area contributed by atoms with E-state index in [1.807, 2.05) is 0 Å². The lowest BCUT2D eigenvalue weighted by Crippen LogP contribution is -2.37. The van der Waals surface area contributed by atoms with Crippen LogP contribution in [0.5, 0.6) is 0 Å². The fourth-order valence-corrected chi connectivity index (χ4v) is 9.17. The maximum atomic E-state index is 2.45. The zero-order valence-corrected chi connectivity index (χ0v) is 28.8. The molecule has 0 aliphatic rings. The van der Waals surface area contributed by atoms with Gasteiger partial charge in [-0.1, -0.05) is 116 Å². The highest BCUT2D eigenvalue weighted by molar-refractivity contribution is 6.88. The molecule has 8 aromatic rings. The number of rotatable bonds is 5. The topological polar surface area (TPSA) is 9.86 Å². The van der Waals surface area contributed by atoms with Gasteiger partial charge in [-0.15, -0.1) is 0 Å². The Balaban J connectivity index is 1.31. The van der Waals surface area contributed by atoms with Crippen molar-refractivity contribution in [2.24, 2.45) is 0 Å². The van der Waals surface area contributed by atoms with E-state index in [1.54, 1.807) is 0 Å². The molecule has 2 aromatic heterocycles. The Morgan fingerprint density at radius 3 is 1.47 bits per heavy atom. The molecule has 2 nitrogen and oxygen atoms in total. The van der Waals surface area contributed by atoms with Crippen molar-refractivity contribution in [3.8, 4) is 22.5 Å². The second-order valence-corrected chi connectivity index (χ2v) is 21.8. The number of fused-ring (bicyclic) bond motifs is 6. The third kappa shape index (κ3) is 4.59. The normalized spacial score (nSPS) is 12.3. The van der Waals surface area contributed by atoms with Crippen LogP contribution in [0.3, 0.4) is 0 Å². The van der Waals surface area contributed by atoms with Gasteiger partial charge in [-0.05, 0) is 71.8 Å². The van der Waals surface area contributed by atoms with Crippen LogP contribution in [0.1, 0.15) is 0 Å². The predicted octanol–water partition coefficient (Wildman–Crippen LogP) is 9.79. The van der Waals surface area contributed by atoms with Crippen molar-refractivity contribution in [1.82, 2.24) is 9.13 Å². The second-order valence-electron chi connectivity index (χ2n) is 13.7. The molecule has 0 aliphatic heterocycles. The van der Waals surface area contributed by atoms with Crippen LogP contribution in [0.2, 0.25) is 32.7 Å². The summed E-state index contributed by atoms with van der Waals surface area (Å²) >= 11 is 0. The third-order valence-electron chi connectivity index (χ3n) is 9.44. The Labute approximate surface area is 267 Å². The molecule has 0 atom stereocenters. The summed E-state index contributed by atoms with van der Waals surface area (Å²) < 4.78 is 4.89. The zero-order chi connectivity index (χ0) is 30.9. The van der Waals surface area contributed by atoms with Crippen LogP contribution in [0.4, 0.5) is 0 Å². The molecule has 4 heteroatoms. The average molecular weight is 615 g/mol. The molecule has 0 amide bonds. The van der Waals surface area contributed by atoms with Gasteiger partial charge < -0.3 is 9.13 Å². The van der Waals surface area contributed by atoms with Crippen LogP contribution < -0.4 is 10.4 Å². The van der Waals surface area contributed by atoms with E-state index in [0.29, 0.717) is 0 Å². The van der Waals surface area contributed by atoms with Gasteiger partial charge in [-0.25, -0.2) is 0 Å². The maximum absolute atomic E-state index is 2.45. The van der Waals surface area contributed by atoms with E-state index in [1.165, 1.54) is 76.5 Å².